The molecule has 3 rings (SSSR count). The van der Waals surface area contributed by atoms with Crippen LogP contribution in [0.3, 0.4) is 0 Å². The van der Waals surface area contributed by atoms with Crippen LogP contribution in [0.2, 0.25) is 0 Å². The highest BCUT2D eigenvalue weighted by Gasteiger charge is 2.35. The van der Waals surface area contributed by atoms with Crippen molar-refractivity contribution in [3.63, 3.8) is 0 Å². The zero-order chi connectivity index (χ0) is 25.6. The van der Waals surface area contributed by atoms with Crippen molar-refractivity contribution in [3.8, 4) is 0 Å². The van der Waals surface area contributed by atoms with Gasteiger partial charge in [0, 0.05) is 25.1 Å². The van der Waals surface area contributed by atoms with Crippen LogP contribution in [-0.2, 0) is 20.5 Å². The first-order valence-corrected chi connectivity index (χ1v) is 11.2. The Bertz CT molecular complexity index is 1050. The summed E-state index contributed by atoms with van der Waals surface area (Å²) in [5.41, 5.74) is -0.866. The molecule has 1 aliphatic rings. The molecule has 1 heterocycles. The monoisotopic (exact) mass is 493 g/mol. The third-order valence-corrected chi connectivity index (χ3v) is 5.90. The smallest absolute Gasteiger partial charge is 0.416 e. The lowest BCUT2D eigenvalue weighted by Gasteiger charge is -2.33. The van der Waals surface area contributed by atoms with Crippen molar-refractivity contribution in [1.82, 2.24) is 5.32 Å². The highest BCUT2D eigenvalue weighted by Crippen LogP contribution is 2.37. The minimum atomic E-state index is -4.69. The third kappa shape index (κ3) is 6.71. The van der Waals surface area contributed by atoms with Gasteiger partial charge in [0.1, 0.15) is 5.69 Å². The summed E-state index contributed by atoms with van der Waals surface area (Å²) in [4.78, 5) is 37.2. The highest BCUT2D eigenvalue weighted by molar-refractivity contribution is 5.81. The molecular formula is C24H26F3N3O5. The molecule has 0 radical (unpaired) electrons. The molecule has 1 amide bonds. The molecule has 0 bridgehead atoms. The molecule has 1 N–H and O–H groups in total. The molecule has 1 atom stereocenters. The van der Waals surface area contributed by atoms with Gasteiger partial charge >= 0.3 is 12.1 Å². The molecule has 2 aromatic carbocycles. The average Bonchev–Trinajstić information content (AvgIpc) is 2.83. The number of halogens is 3. The number of hydrogen-bond donors (Lipinski definition) is 1. The van der Waals surface area contributed by atoms with Gasteiger partial charge < -0.3 is 15.0 Å². The fourth-order valence-corrected chi connectivity index (χ4v) is 4.11. The maximum Gasteiger partial charge on any atom is 0.416 e. The van der Waals surface area contributed by atoms with Crippen molar-refractivity contribution >= 4 is 23.3 Å². The van der Waals surface area contributed by atoms with Crippen molar-refractivity contribution in [2.24, 2.45) is 5.92 Å². The van der Waals surface area contributed by atoms with E-state index in [0.29, 0.717) is 18.9 Å². The number of benzene rings is 2. The largest absolute Gasteiger partial charge is 0.466 e. The Kier molecular flexibility index (Phi) is 8.31. The van der Waals surface area contributed by atoms with E-state index in [9.17, 15) is 32.9 Å². The van der Waals surface area contributed by atoms with Crippen molar-refractivity contribution in [2.75, 3.05) is 24.6 Å². The standard InChI is InChI=1S/C24H26F3N3O5/c1-2-35-22(31)15-19(16-6-4-3-5-7-16)28-23(32)17-10-12-29(13-11-17)20-9-8-18(24(25,26)27)14-21(20)30(33)34/h3-9,14,17,19H,2,10-13,15H2,1H3,(H,28,32). The minimum absolute atomic E-state index is 0.0276. The van der Waals surface area contributed by atoms with Crippen LogP contribution < -0.4 is 10.2 Å². The van der Waals surface area contributed by atoms with E-state index in [0.717, 1.165) is 17.7 Å². The van der Waals surface area contributed by atoms with Gasteiger partial charge in [0.2, 0.25) is 5.91 Å². The van der Waals surface area contributed by atoms with Gasteiger partial charge in [-0.25, -0.2) is 0 Å². The SMILES string of the molecule is CCOC(=O)CC(NC(=O)C1CCN(c2ccc(C(F)(F)F)cc2[N+](=O)[O-])CC1)c1ccccc1. The van der Waals surface area contributed by atoms with E-state index in [1.807, 2.05) is 6.07 Å². The highest BCUT2D eigenvalue weighted by atomic mass is 19.4. The first kappa shape index (κ1) is 26.0. The Hall–Kier alpha value is -3.63. The Morgan fingerprint density at radius 3 is 2.40 bits per heavy atom. The quantitative estimate of drug-likeness (QED) is 0.327. The van der Waals surface area contributed by atoms with Crippen LogP contribution in [0.4, 0.5) is 24.5 Å². The normalized spacial score (nSPS) is 15.4. The number of nitro groups is 1. The summed E-state index contributed by atoms with van der Waals surface area (Å²) in [7, 11) is 0. The topological polar surface area (TPSA) is 102 Å². The lowest BCUT2D eigenvalue weighted by molar-refractivity contribution is -0.384. The van der Waals surface area contributed by atoms with Crippen molar-refractivity contribution in [2.45, 2.75) is 38.4 Å². The Morgan fingerprint density at radius 2 is 1.83 bits per heavy atom. The van der Waals surface area contributed by atoms with E-state index >= 15 is 0 Å². The van der Waals surface area contributed by atoms with Crippen LogP contribution in [0.15, 0.2) is 48.5 Å². The molecule has 188 valence electrons. The number of piperidine rings is 1. The summed E-state index contributed by atoms with van der Waals surface area (Å²) >= 11 is 0. The lowest BCUT2D eigenvalue weighted by atomic mass is 9.94. The van der Waals surface area contributed by atoms with E-state index in [4.69, 9.17) is 4.74 Å². The van der Waals surface area contributed by atoms with Gasteiger partial charge in [-0.1, -0.05) is 30.3 Å². The molecule has 0 aromatic heterocycles. The van der Waals surface area contributed by atoms with Gasteiger partial charge in [0.15, 0.2) is 0 Å². The maximum atomic E-state index is 13.0. The number of alkyl halides is 3. The summed E-state index contributed by atoms with van der Waals surface area (Å²) in [6.45, 7) is 2.45. The molecule has 35 heavy (non-hydrogen) atoms. The Labute approximate surface area is 200 Å². The number of carbonyl (C=O) groups excluding carboxylic acids is 2. The fraction of sp³-hybridized carbons (Fsp3) is 0.417. The van der Waals surface area contributed by atoms with Crippen LogP contribution in [0.25, 0.3) is 0 Å². The molecule has 1 aliphatic heterocycles. The molecule has 0 saturated carbocycles. The molecule has 0 aliphatic carbocycles. The second-order valence-electron chi connectivity index (χ2n) is 8.20. The number of hydrogen-bond acceptors (Lipinski definition) is 6. The first-order valence-electron chi connectivity index (χ1n) is 11.2. The molecule has 2 aromatic rings. The summed E-state index contributed by atoms with van der Waals surface area (Å²) < 4.78 is 44.0. The predicted molar refractivity (Wildman–Crippen MR) is 122 cm³/mol. The number of nitro benzene ring substituents is 1. The number of nitrogens with one attached hydrogen (secondary N) is 1. The number of esters is 1. The lowest BCUT2D eigenvalue weighted by Crippen LogP contribution is -2.42. The Morgan fingerprint density at radius 1 is 1.17 bits per heavy atom. The third-order valence-electron chi connectivity index (χ3n) is 5.90. The van der Waals surface area contributed by atoms with Crippen LogP contribution in [0.5, 0.6) is 0 Å². The number of anilines is 1. The molecule has 0 spiro atoms. The Balaban J connectivity index is 1.68. The first-order chi connectivity index (χ1) is 16.6. The molecule has 1 saturated heterocycles. The molecular weight excluding hydrogens is 467 g/mol. The number of amides is 1. The number of ether oxygens (including phenoxy) is 1. The van der Waals surface area contributed by atoms with Gasteiger partial charge in [0.25, 0.3) is 5.69 Å². The summed E-state index contributed by atoms with van der Waals surface area (Å²) in [6, 6.07) is 10.9. The van der Waals surface area contributed by atoms with Gasteiger partial charge in [-0.05, 0) is 37.5 Å². The average molecular weight is 493 g/mol. The van der Waals surface area contributed by atoms with Gasteiger partial charge in [0.05, 0.1) is 29.6 Å². The van der Waals surface area contributed by atoms with E-state index in [1.165, 1.54) is 0 Å². The number of nitrogens with zero attached hydrogens (tertiary/aromatic N) is 2. The van der Waals surface area contributed by atoms with Crippen molar-refractivity contribution < 1.29 is 32.4 Å². The van der Waals surface area contributed by atoms with Gasteiger partial charge in [-0.15, -0.1) is 0 Å². The number of rotatable bonds is 8. The van der Waals surface area contributed by atoms with Crippen LogP contribution >= 0.6 is 0 Å². The van der Waals surface area contributed by atoms with Gasteiger partial charge in [-0.3, -0.25) is 19.7 Å². The molecule has 1 fully saturated rings. The van der Waals surface area contributed by atoms with Crippen LogP contribution in [0.1, 0.15) is 43.4 Å². The zero-order valence-corrected chi connectivity index (χ0v) is 19.1. The second-order valence-corrected chi connectivity index (χ2v) is 8.20. The molecule has 8 nitrogen and oxygen atoms in total. The second kappa shape index (κ2) is 11.2. The van der Waals surface area contributed by atoms with Crippen molar-refractivity contribution in [3.05, 3.63) is 69.8 Å². The summed E-state index contributed by atoms with van der Waals surface area (Å²) in [5.74, 6) is -1.11. The predicted octanol–water partition coefficient (Wildman–Crippen LogP) is 4.64. The van der Waals surface area contributed by atoms with Crippen LogP contribution in [-0.4, -0.2) is 36.5 Å². The van der Waals surface area contributed by atoms with E-state index in [2.05, 4.69) is 5.32 Å². The minimum Gasteiger partial charge on any atom is -0.466 e. The number of carbonyl (C=O) groups is 2. The fourth-order valence-electron chi connectivity index (χ4n) is 4.11. The van der Waals surface area contributed by atoms with E-state index < -0.39 is 40.3 Å². The van der Waals surface area contributed by atoms with Crippen molar-refractivity contribution in [1.29, 1.82) is 0 Å². The molecule has 1 unspecified atom stereocenters. The van der Waals surface area contributed by atoms with Gasteiger partial charge in [-0.2, -0.15) is 13.2 Å². The molecule has 11 heteroatoms. The van der Waals surface area contributed by atoms with E-state index in [-0.39, 0.29) is 37.7 Å². The summed E-state index contributed by atoms with van der Waals surface area (Å²) in [5, 5.41) is 14.3. The van der Waals surface area contributed by atoms with Crippen LogP contribution in [0, 0.1) is 16.0 Å². The zero-order valence-electron chi connectivity index (χ0n) is 19.1. The van der Waals surface area contributed by atoms with E-state index in [1.54, 1.807) is 36.1 Å². The maximum absolute atomic E-state index is 13.0. The summed E-state index contributed by atoms with van der Waals surface area (Å²) in [6.07, 6.45) is -4.01.